The molecule has 0 saturated carbocycles. The van der Waals surface area contributed by atoms with Gasteiger partial charge in [0.1, 0.15) is 5.01 Å². The lowest BCUT2D eigenvalue weighted by atomic mass is 10.4. The number of aromatic nitrogens is 2. The molecule has 1 aromatic heterocycles. The average Bonchev–Trinajstić information content (AvgIpc) is 2.90. The van der Waals surface area contributed by atoms with Gasteiger partial charge in [0.15, 0.2) is 0 Å². The molecule has 1 fully saturated rings. The molecule has 2 rings (SSSR count). The number of likely N-dealkylation sites (tertiary alicyclic amines) is 1. The van der Waals surface area contributed by atoms with Gasteiger partial charge in [0.2, 0.25) is 5.13 Å². The molecular formula is C10H17N5OS. The molecule has 6 nitrogen and oxygen atoms in total. The lowest BCUT2D eigenvalue weighted by Crippen LogP contribution is -2.35. The van der Waals surface area contributed by atoms with Crippen molar-refractivity contribution < 1.29 is 4.79 Å². The van der Waals surface area contributed by atoms with E-state index in [0.717, 1.165) is 24.6 Å². The third-order valence-electron chi connectivity index (χ3n) is 2.66. The van der Waals surface area contributed by atoms with E-state index in [9.17, 15) is 4.79 Å². The molecule has 0 spiro atoms. The van der Waals surface area contributed by atoms with E-state index in [1.807, 2.05) is 6.92 Å². The Kier molecular flexibility index (Phi) is 4.27. The highest BCUT2D eigenvalue weighted by molar-refractivity contribution is 7.15. The maximum absolute atomic E-state index is 11.5. The van der Waals surface area contributed by atoms with Crippen LogP contribution in [0.5, 0.6) is 0 Å². The summed E-state index contributed by atoms with van der Waals surface area (Å²) >= 11 is 1.37. The summed E-state index contributed by atoms with van der Waals surface area (Å²) in [6, 6.07) is -0.208. The SMILES string of the molecule is Cc1nnc(NC(=O)NCCN2CCCC2)s1. The molecule has 2 N–H and O–H groups in total. The summed E-state index contributed by atoms with van der Waals surface area (Å²) in [6.07, 6.45) is 2.55. The molecule has 1 aliphatic rings. The highest BCUT2D eigenvalue weighted by Gasteiger charge is 2.11. The fourth-order valence-electron chi connectivity index (χ4n) is 1.82. The van der Waals surface area contributed by atoms with Crippen LogP contribution in [0, 0.1) is 6.92 Å². The smallest absolute Gasteiger partial charge is 0.321 e. The van der Waals surface area contributed by atoms with Crippen LogP contribution in [0.25, 0.3) is 0 Å². The average molecular weight is 255 g/mol. The lowest BCUT2D eigenvalue weighted by Gasteiger charge is -2.14. The number of nitrogens with zero attached hydrogens (tertiary/aromatic N) is 3. The van der Waals surface area contributed by atoms with E-state index in [-0.39, 0.29) is 6.03 Å². The number of anilines is 1. The molecule has 0 bridgehead atoms. The quantitative estimate of drug-likeness (QED) is 0.844. The Hall–Kier alpha value is -1.21. The summed E-state index contributed by atoms with van der Waals surface area (Å²) < 4.78 is 0. The van der Waals surface area contributed by atoms with Gasteiger partial charge in [-0.05, 0) is 32.9 Å². The summed E-state index contributed by atoms with van der Waals surface area (Å²) in [4.78, 5) is 13.9. The lowest BCUT2D eigenvalue weighted by molar-refractivity contribution is 0.249. The number of rotatable bonds is 4. The van der Waals surface area contributed by atoms with Crippen molar-refractivity contribution in [3.63, 3.8) is 0 Å². The minimum Gasteiger partial charge on any atom is -0.337 e. The molecule has 2 heterocycles. The zero-order valence-electron chi connectivity index (χ0n) is 9.90. The predicted molar refractivity (Wildman–Crippen MR) is 67.3 cm³/mol. The molecule has 0 aliphatic carbocycles. The monoisotopic (exact) mass is 255 g/mol. The van der Waals surface area contributed by atoms with Crippen molar-refractivity contribution in [1.82, 2.24) is 20.4 Å². The standard InChI is InChI=1S/C10H17N5OS/c1-8-13-14-10(17-8)12-9(16)11-4-7-15-5-2-3-6-15/h2-7H2,1H3,(H2,11,12,14,16). The molecule has 0 atom stereocenters. The molecule has 0 aromatic carbocycles. The summed E-state index contributed by atoms with van der Waals surface area (Å²) in [6.45, 7) is 5.75. The van der Waals surface area contributed by atoms with Gasteiger partial charge in [-0.1, -0.05) is 11.3 Å². The Bertz CT molecular complexity index is 375. The number of urea groups is 1. The molecule has 0 unspecified atom stereocenters. The van der Waals surface area contributed by atoms with Crippen LogP contribution >= 0.6 is 11.3 Å². The summed E-state index contributed by atoms with van der Waals surface area (Å²) in [5.41, 5.74) is 0. The van der Waals surface area contributed by atoms with Crippen LogP contribution in [0.1, 0.15) is 17.8 Å². The zero-order chi connectivity index (χ0) is 12.1. The van der Waals surface area contributed by atoms with Crippen LogP contribution in [0.2, 0.25) is 0 Å². The Labute approximate surface area is 104 Å². The zero-order valence-corrected chi connectivity index (χ0v) is 10.7. The van der Waals surface area contributed by atoms with Crippen LogP contribution in [0.4, 0.5) is 9.93 Å². The first-order valence-electron chi connectivity index (χ1n) is 5.81. The van der Waals surface area contributed by atoms with Crippen LogP contribution in [0.3, 0.4) is 0 Å². The number of amides is 2. The van der Waals surface area contributed by atoms with Crippen molar-refractivity contribution >= 4 is 22.5 Å². The second-order valence-corrected chi connectivity index (χ2v) is 5.24. The minimum absolute atomic E-state index is 0.208. The van der Waals surface area contributed by atoms with Crippen molar-refractivity contribution in [2.24, 2.45) is 0 Å². The van der Waals surface area contributed by atoms with Crippen molar-refractivity contribution in [1.29, 1.82) is 0 Å². The number of hydrogen-bond donors (Lipinski definition) is 2. The van der Waals surface area contributed by atoms with E-state index < -0.39 is 0 Å². The van der Waals surface area contributed by atoms with E-state index >= 15 is 0 Å². The van der Waals surface area contributed by atoms with Gasteiger partial charge in [0.25, 0.3) is 0 Å². The van der Waals surface area contributed by atoms with Gasteiger partial charge in [-0.2, -0.15) is 0 Å². The van der Waals surface area contributed by atoms with Crippen LogP contribution in [-0.2, 0) is 0 Å². The molecule has 1 saturated heterocycles. The predicted octanol–water partition coefficient (Wildman–Crippen LogP) is 1.06. The number of hydrogen-bond acceptors (Lipinski definition) is 5. The number of carbonyl (C=O) groups is 1. The first-order chi connectivity index (χ1) is 8.24. The van der Waals surface area contributed by atoms with Gasteiger partial charge in [-0.25, -0.2) is 4.79 Å². The highest BCUT2D eigenvalue weighted by atomic mass is 32.1. The minimum atomic E-state index is -0.208. The van der Waals surface area contributed by atoms with Crippen molar-refractivity contribution in [2.45, 2.75) is 19.8 Å². The Morgan fingerprint density at radius 2 is 2.18 bits per heavy atom. The third-order valence-corrected chi connectivity index (χ3v) is 3.41. The van der Waals surface area contributed by atoms with E-state index in [1.165, 1.54) is 24.2 Å². The van der Waals surface area contributed by atoms with Crippen molar-refractivity contribution in [2.75, 3.05) is 31.5 Å². The first-order valence-corrected chi connectivity index (χ1v) is 6.63. The fourth-order valence-corrected chi connectivity index (χ4v) is 2.41. The maximum Gasteiger partial charge on any atom is 0.321 e. The largest absolute Gasteiger partial charge is 0.337 e. The number of nitrogens with one attached hydrogen (secondary N) is 2. The first kappa shape index (κ1) is 12.3. The normalized spacial score (nSPS) is 16.1. The maximum atomic E-state index is 11.5. The Morgan fingerprint density at radius 1 is 1.41 bits per heavy atom. The van der Waals surface area contributed by atoms with E-state index in [4.69, 9.17) is 0 Å². The molecule has 1 aromatic rings. The van der Waals surface area contributed by atoms with Crippen LogP contribution in [-0.4, -0.2) is 47.3 Å². The third kappa shape index (κ3) is 3.94. The van der Waals surface area contributed by atoms with Gasteiger partial charge >= 0.3 is 6.03 Å². The van der Waals surface area contributed by atoms with E-state index in [0.29, 0.717) is 11.7 Å². The summed E-state index contributed by atoms with van der Waals surface area (Å²) in [5.74, 6) is 0. The molecule has 7 heteroatoms. The summed E-state index contributed by atoms with van der Waals surface area (Å²) in [5, 5.41) is 14.5. The van der Waals surface area contributed by atoms with Gasteiger partial charge < -0.3 is 10.2 Å². The van der Waals surface area contributed by atoms with Gasteiger partial charge in [0.05, 0.1) is 0 Å². The van der Waals surface area contributed by atoms with Crippen LogP contribution < -0.4 is 10.6 Å². The molecule has 17 heavy (non-hydrogen) atoms. The molecule has 0 radical (unpaired) electrons. The Morgan fingerprint density at radius 3 is 2.82 bits per heavy atom. The van der Waals surface area contributed by atoms with E-state index in [1.54, 1.807) is 0 Å². The summed E-state index contributed by atoms with van der Waals surface area (Å²) in [7, 11) is 0. The fraction of sp³-hybridized carbons (Fsp3) is 0.700. The van der Waals surface area contributed by atoms with Crippen molar-refractivity contribution in [3.8, 4) is 0 Å². The molecule has 2 amide bonds. The topological polar surface area (TPSA) is 70.1 Å². The van der Waals surface area contributed by atoms with Gasteiger partial charge in [0, 0.05) is 13.1 Å². The van der Waals surface area contributed by atoms with Crippen LogP contribution in [0.15, 0.2) is 0 Å². The number of aryl methyl sites for hydroxylation is 1. The number of carbonyl (C=O) groups excluding carboxylic acids is 1. The van der Waals surface area contributed by atoms with Gasteiger partial charge in [-0.15, -0.1) is 10.2 Å². The van der Waals surface area contributed by atoms with Crippen molar-refractivity contribution in [3.05, 3.63) is 5.01 Å². The molecular weight excluding hydrogens is 238 g/mol. The highest BCUT2D eigenvalue weighted by Crippen LogP contribution is 2.12. The molecule has 94 valence electrons. The second kappa shape index (κ2) is 5.92. The molecule has 1 aliphatic heterocycles. The Balaban J connectivity index is 1.63. The second-order valence-electron chi connectivity index (χ2n) is 4.06. The van der Waals surface area contributed by atoms with E-state index in [2.05, 4.69) is 25.7 Å². The van der Waals surface area contributed by atoms with Gasteiger partial charge in [-0.3, -0.25) is 5.32 Å².